The first-order chi connectivity index (χ1) is 8.33. The zero-order valence-electron chi connectivity index (χ0n) is 11.2. The van der Waals surface area contributed by atoms with E-state index in [9.17, 15) is 0 Å². The molecule has 1 rings (SSSR count). The summed E-state index contributed by atoms with van der Waals surface area (Å²) in [6, 6.07) is 8.77. The zero-order chi connectivity index (χ0) is 14.6. The maximum absolute atomic E-state index is 9.00. The Morgan fingerprint density at radius 1 is 1.22 bits per heavy atom. The number of aryl methyl sites for hydroxylation is 2. The number of carboxylic acid groups (broad SMARTS) is 1. The fourth-order valence-electron chi connectivity index (χ4n) is 1.07. The van der Waals surface area contributed by atoms with E-state index < -0.39 is 5.97 Å². The molecule has 6 N–H and O–H groups in total. The second-order valence-electron chi connectivity index (χ2n) is 3.50. The van der Waals surface area contributed by atoms with E-state index in [0.717, 1.165) is 19.8 Å². The Morgan fingerprint density at radius 2 is 1.50 bits per heavy atom. The van der Waals surface area contributed by atoms with Crippen LogP contribution in [0.5, 0.6) is 0 Å². The highest BCUT2D eigenvalue weighted by Crippen LogP contribution is 2.05. The van der Waals surface area contributed by atoms with Crippen LogP contribution < -0.4 is 11.5 Å². The van der Waals surface area contributed by atoms with Crippen LogP contribution in [0.2, 0.25) is 0 Å². The predicted octanol–water partition coefficient (Wildman–Crippen LogP) is 1.74. The van der Waals surface area contributed by atoms with Crippen molar-refractivity contribution in [3.05, 3.63) is 35.4 Å². The van der Waals surface area contributed by atoms with Crippen LogP contribution in [0.4, 0.5) is 0 Å². The van der Waals surface area contributed by atoms with Gasteiger partial charge < -0.3 is 16.6 Å². The lowest BCUT2D eigenvalue weighted by molar-refractivity contribution is -0.134. The summed E-state index contributed by atoms with van der Waals surface area (Å²) < 4.78 is 0. The molecule has 0 saturated heterocycles. The van der Waals surface area contributed by atoms with Gasteiger partial charge in [-0.25, -0.2) is 0 Å². The third kappa shape index (κ3) is 16.4. The molecule has 0 amide bonds. The van der Waals surface area contributed by atoms with E-state index in [2.05, 4.69) is 49.6 Å². The summed E-state index contributed by atoms with van der Waals surface area (Å²) in [5.74, 6) is -1.17. The molecule has 102 valence electrons. The summed E-state index contributed by atoms with van der Waals surface area (Å²) in [5, 5.41) is 13.5. The number of guanidine groups is 1. The normalized spacial score (nSPS) is 8.17. The van der Waals surface area contributed by atoms with Crippen molar-refractivity contribution in [1.29, 1.82) is 5.41 Å². The molecule has 0 aromatic heterocycles. The van der Waals surface area contributed by atoms with Crippen molar-refractivity contribution in [3.8, 4) is 0 Å². The van der Waals surface area contributed by atoms with E-state index in [0.29, 0.717) is 0 Å². The van der Waals surface area contributed by atoms with Crippen molar-refractivity contribution in [1.82, 2.24) is 0 Å². The van der Waals surface area contributed by atoms with Gasteiger partial charge in [0.25, 0.3) is 5.97 Å². The van der Waals surface area contributed by atoms with E-state index in [1.165, 1.54) is 11.1 Å². The molecule has 0 radical (unpaired) electrons. The Labute approximate surface area is 108 Å². The Kier molecular flexibility index (Phi) is 11.7. The molecule has 5 heteroatoms. The highest BCUT2D eigenvalue weighted by Gasteiger charge is 1.89. The minimum absolute atomic E-state index is 0.333. The molecule has 0 heterocycles. The van der Waals surface area contributed by atoms with Crippen molar-refractivity contribution in [2.24, 2.45) is 11.5 Å². The highest BCUT2D eigenvalue weighted by atomic mass is 16.4. The maximum atomic E-state index is 9.00. The summed E-state index contributed by atoms with van der Waals surface area (Å²) in [6.45, 7) is 5.46. The van der Waals surface area contributed by atoms with Gasteiger partial charge in [-0.2, -0.15) is 0 Å². The van der Waals surface area contributed by atoms with E-state index in [1.807, 2.05) is 0 Å². The highest BCUT2D eigenvalue weighted by molar-refractivity contribution is 5.71. The monoisotopic (exact) mass is 253 g/mol. The van der Waals surface area contributed by atoms with E-state index in [1.54, 1.807) is 0 Å². The number of carbonyl (C=O) groups is 1. The number of rotatable bonds is 2. The number of carboxylic acids is 1. The van der Waals surface area contributed by atoms with Crippen LogP contribution in [-0.2, 0) is 17.6 Å². The van der Waals surface area contributed by atoms with Gasteiger partial charge in [-0.15, -0.1) is 0 Å². The molecule has 0 bridgehead atoms. The van der Waals surface area contributed by atoms with Gasteiger partial charge in [0.2, 0.25) is 0 Å². The molecular formula is C13H23N3O2. The van der Waals surface area contributed by atoms with Gasteiger partial charge in [0, 0.05) is 6.92 Å². The van der Waals surface area contributed by atoms with Crippen molar-refractivity contribution < 1.29 is 9.90 Å². The number of aliphatic carboxylic acids is 1. The number of nitrogens with one attached hydrogen (secondary N) is 1. The van der Waals surface area contributed by atoms with Crippen LogP contribution in [-0.4, -0.2) is 17.0 Å². The largest absolute Gasteiger partial charge is 0.481 e. The molecule has 0 atom stereocenters. The fourth-order valence-corrected chi connectivity index (χ4v) is 1.07. The van der Waals surface area contributed by atoms with E-state index >= 15 is 0 Å². The standard InChI is InChI=1S/C10H14.C2H4O2.CH5N3/c1-3-9-6-5-7-10(4-2)8-9;1-2(3)4;2-1(3)4/h5-8H,3-4H2,1-2H3;1H3,(H,3,4);(H5,2,3,4). The quantitative estimate of drug-likeness (QED) is 0.475. The third-order valence-corrected chi connectivity index (χ3v) is 1.81. The molecule has 0 spiro atoms. The summed E-state index contributed by atoms with van der Waals surface area (Å²) in [5.41, 5.74) is 11.8. The Bertz CT molecular complexity index is 326. The number of hydrogen-bond acceptors (Lipinski definition) is 2. The Morgan fingerprint density at radius 3 is 1.72 bits per heavy atom. The number of hydrogen-bond donors (Lipinski definition) is 4. The molecule has 0 saturated carbocycles. The van der Waals surface area contributed by atoms with Gasteiger partial charge in [-0.3, -0.25) is 10.2 Å². The SMILES string of the molecule is CC(=O)O.CCc1cccc(CC)c1.N=C(N)N. The lowest BCUT2D eigenvalue weighted by atomic mass is 10.1. The topological polar surface area (TPSA) is 113 Å². The zero-order valence-corrected chi connectivity index (χ0v) is 11.2. The van der Waals surface area contributed by atoms with Crippen LogP contribution in [0.15, 0.2) is 24.3 Å². The minimum atomic E-state index is -0.833. The molecule has 0 fully saturated rings. The average molecular weight is 253 g/mol. The van der Waals surface area contributed by atoms with Gasteiger partial charge in [-0.05, 0) is 24.0 Å². The lowest BCUT2D eigenvalue weighted by Gasteiger charge is -1.98. The van der Waals surface area contributed by atoms with Crippen LogP contribution in [0.3, 0.4) is 0 Å². The molecular weight excluding hydrogens is 230 g/mol. The van der Waals surface area contributed by atoms with Crippen molar-refractivity contribution in [2.45, 2.75) is 33.6 Å². The molecule has 5 nitrogen and oxygen atoms in total. The fraction of sp³-hybridized carbons (Fsp3) is 0.385. The summed E-state index contributed by atoms with van der Waals surface area (Å²) in [4.78, 5) is 9.00. The first-order valence-electron chi connectivity index (χ1n) is 5.70. The molecule has 1 aromatic carbocycles. The maximum Gasteiger partial charge on any atom is 0.300 e. The van der Waals surface area contributed by atoms with Crippen LogP contribution in [0.25, 0.3) is 0 Å². The van der Waals surface area contributed by atoms with Gasteiger partial charge in [0.1, 0.15) is 0 Å². The van der Waals surface area contributed by atoms with Gasteiger partial charge in [-0.1, -0.05) is 38.1 Å². The number of benzene rings is 1. The molecule has 18 heavy (non-hydrogen) atoms. The molecule has 0 aliphatic rings. The van der Waals surface area contributed by atoms with E-state index in [4.69, 9.17) is 15.3 Å². The van der Waals surface area contributed by atoms with E-state index in [-0.39, 0.29) is 5.96 Å². The third-order valence-electron chi connectivity index (χ3n) is 1.81. The molecule has 0 aliphatic heterocycles. The van der Waals surface area contributed by atoms with Crippen molar-refractivity contribution in [2.75, 3.05) is 0 Å². The first kappa shape index (κ1) is 18.3. The smallest absolute Gasteiger partial charge is 0.300 e. The van der Waals surface area contributed by atoms with Crippen molar-refractivity contribution in [3.63, 3.8) is 0 Å². The second kappa shape index (κ2) is 11.4. The van der Waals surface area contributed by atoms with Gasteiger partial charge in [0.15, 0.2) is 5.96 Å². The Balaban J connectivity index is 0. The molecule has 0 unspecified atom stereocenters. The molecule has 1 aromatic rings. The van der Waals surface area contributed by atoms with Crippen LogP contribution >= 0.6 is 0 Å². The second-order valence-corrected chi connectivity index (χ2v) is 3.50. The summed E-state index contributed by atoms with van der Waals surface area (Å²) in [7, 11) is 0. The number of nitrogens with two attached hydrogens (primary N) is 2. The molecule has 0 aliphatic carbocycles. The van der Waals surface area contributed by atoms with Crippen LogP contribution in [0, 0.1) is 5.41 Å². The van der Waals surface area contributed by atoms with Crippen molar-refractivity contribution >= 4 is 11.9 Å². The average Bonchev–Trinajstić information content (AvgIpc) is 2.27. The van der Waals surface area contributed by atoms with Crippen LogP contribution in [0.1, 0.15) is 31.9 Å². The summed E-state index contributed by atoms with van der Waals surface area (Å²) in [6.07, 6.45) is 2.29. The Hall–Kier alpha value is -2.04. The first-order valence-corrected chi connectivity index (χ1v) is 5.70. The van der Waals surface area contributed by atoms with Gasteiger partial charge >= 0.3 is 0 Å². The predicted molar refractivity (Wildman–Crippen MR) is 74.6 cm³/mol. The minimum Gasteiger partial charge on any atom is -0.481 e. The lowest BCUT2D eigenvalue weighted by Crippen LogP contribution is -2.20. The van der Waals surface area contributed by atoms with Gasteiger partial charge in [0.05, 0.1) is 0 Å². The summed E-state index contributed by atoms with van der Waals surface area (Å²) >= 11 is 0.